The van der Waals surface area contributed by atoms with E-state index in [0.29, 0.717) is 42.0 Å². The number of aromatic nitrogens is 1. The van der Waals surface area contributed by atoms with Gasteiger partial charge in [-0.15, -0.1) is 0 Å². The number of amides is 1. The molecule has 156 valence electrons. The van der Waals surface area contributed by atoms with E-state index in [1.54, 1.807) is 11.0 Å². The molecule has 0 spiro atoms. The fraction of sp³-hybridized carbons (Fsp3) is 0.300. The van der Waals surface area contributed by atoms with Gasteiger partial charge in [0.1, 0.15) is 0 Å². The molecule has 0 radical (unpaired) electrons. The lowest BCUT2D eigenvalue weighted by Gasteiger charge is -2.29. The Hall–Kier alpha value is -2.59. The maximum absolute atomic E-state index is 13.3. The highest BCUT2D eigenvalue weighted by molar-refractivity contribution is 7.22. The predicted octanol–water partition coefficient (Wildman–Crippen LogP) is 3.84. The largest absolute Gasteiger partial charge is 0.379 e. The first kappa shape index (κ1) is 20.7. The van der Waals surface area contributed by atoms with Gasteiger partial charge in [0.2, 0.25) is 0 Å². The number of rotatable bonds is 6. The molecule has 8 nitrogen and oxygen atoms in total. The second-order valence-corrected chi connectivity index (χ2v) is 8.27. The van der Waals surface area contributed by atoms with Gasteiger partial charge in [-0.2, -0.15) is 0 Å². The predicted molar refractivity (Wildman–Crippen MR) is 117 cm³/mol. The first-order valence-electron chi connectivity index (χ1n) is 9.44. The number of fused-ring (bicyclic) bond motifs is 1. The van der Waals surface area contributed by atoms with E-state index < -0.39 is 4.92 Å². The molecule has 0 aliphatic carbocycles. The number of anilines is 1. The molecular weight excluding hydrogens is 428 g/mol. The first-order valence-corrected chi connectivity index (χ1v) is 10.6. The number of carbonyl (C=O) groups is 1. The van der Waals surface area contributed by atoms with Crippen LogP contribution in [0.2, 0.25) is 5.02 Å². The SMILES string of the molecule is O=C(c1ccc([N+](=O)[O-])cc1)N(CCN1CCOCC1)c1nc2ccc(Cl)cc2s1. The molecule has 4 rings (SSSR count). The van der Waals surface area contributed by atoms with Crippen molar-refractivity contribution in [3.05, 3.63) is 63.2 Å². The molecule has 0 atom stereocenters. The molecule has 0 N–H and O–H groups in total. The van der Waals surface area contributed by atoms with Gasteiger partial charge in [-0.25, -0.2) is 4.98 Å². The van der Waals surface area contributed by atoms with Crippen molar-refractivity contribution in [2.24, 2.45) is 0 Å². The Labute approximate surface area is 181 Å². The van der Waals surface area contributed by atoms with E-state index in [-0.39, 0.29) is 11.6 Å². The molecule has 1 fully saturated rings. The molecule has 30 heavy (non-hydrogen) atoms. The van der Waals surface area contributed by atoms with Crippen molar-refractivity contribution in [1.82, 2.24) is 9.88 Å². The van der Waals surface area contributed by atoms with Gasteiger partial charge in [0.25, 0.3) is 11.6 Å². The number of morpholine rings is 1. The van der Waals surface area contributed by atoms with Crippen molar-refractivity contribution < 1.29 is 14.5 Å². The summed E-state index contributed by atoms with van der Waals surface area (Å²) >= 11 is 7.49. The lowest BCUT2D eigenvalue weighted by Crippen LogP contribution is -2.43. The maximum atomic E-state index is 13.3. The zero-order chi connectivity index (χ0) is 21.1. The summed E-state index contributed by atoms with van der Waals surface area (Å²) in [5.41, 5.74) is 1.09. The number of carbonyl (C=O) groups excluding carboxylic acids is 1. The van der Waals surface area contributed by atoms with Crippen LogP contribution in [0.5, 0.6) is 0 Å². The summed E-state index contributed by atoms with van der Waals surface area (Å²) in [4.78, 5) is 32.2. The van der Waals surface area contributed by atoms with E-state index in [1.807, 2.05) is 12.1 Å². The highest BCUT2D eigenvalue weighted by atomic mass is 35.5. The van der Waals surface area contributed by atoms with Gasteiger partial charge in [0.15, 0.2) is 5.13 Å². The van der Waals surface area contributed by atoms with Crippen molar-refractivity contribution >= 4 is 49.9 Å². The van der Waals surface area contributed by atoms with Crippen LogP contribution in [0.15, 0.2) is 42.5 Å². The molecule has 1 amide bonds. The van der Waals surface area contributed by atoms with Crippen LogP contribution in [-0.2, 0) is 4.74 Å². The second-order valence-electron chi connectivity index (χ2n) is 6.82. The number of hydrogen-bond acceptors (Lipinski definition) is 7. The Morgan fingerprint density at radius 2 is 1.97 bits per heavy atom. The van der Waals surface area contributed by atoms with Crippen LogP contribution in [0, 0.1) is 10.1 Å². The minimum atomic E-state index is -0.484. The smallest absolute Gasteiger partial charge is 0.269 e. The van der Waals surface area contributed by atoms with Gasteiger partial charge >= 0.3 is 0 Å². The minimum Gasteiger partial charge on any atom is -0.379 e. The van der Waals surface area contributed by atoms with Gasteiger partial charge in [0, 0.05) is 48.9 Å². The summed E-state index contributed by atoms with van der Waals surface area (Å²) in [6.45, 7) is 4.11. The molecule has 2 heterocycles. The van der Waals surface area contributed by atoms with Crippen LogP contribution in [0.25, 0.3) is 10.2 Å². The van der Waals surface area contributed by atoms with Gasteiger partial charge < -0.3 is 4.74 Å². The first-order chi connectivity index (χ1) is 14.5. The number of thiazole rings is 1. The van der Waals surface area contributed by atoms with Gasteiger partial charge in [-0.1, -0.05) is 22.9 Å². The Balaban J connectivity index is 1.62. The highest BCUT2D eigenvalue weighted by Crippen LogP contribution is 2.31. The summed E-state index contributed by atoms with van der Waals surface area (Å²) in [7, 11) is 0. The van der Waals surface area contributed by atoms with Crippen LogP contribution in [0.1, 0.15) is 10.4 Å². The average molecular weight is 447 g/mol. The number of nitro groups is 1. The van der Waals surface area contributed by atoms with Gasteiger partial charge in [0.05, 0.1) is 28.4 Å². The second kappa shape index (κ2) is 9.05. The normalized spacial score (nSPS) is 14.7. The Morgan fingerprint density at radius 1 is 1.23 bits per heavy atom. The minimum absolute atomic E-state index is 0.0546. The van der Waals surface area contributed by atoms with Crippen LogP contribution >= 0.6 is 22.9 Å². The molecular formula is C20H19ClN4O4S. The zero-order valence-electron chi connectivity index (χ0n) is 16.0. The van der Waals surface area contributed by atoms with E-state index in [0.717, 1.165) is 23.3 Å². The third kappa shape index (κ3) is 4.59. The number of benzene rings is 2. The fourth-order valence-electron chi connectivity index (χ4n) is 3.23. The van der Waals surface area contributed by atoms with E-state index in [9.17, 15) is 14.9 Å². The highest BCUT2D eigenvalue weighted by Gasteiger charge is 2.23. The van der Waals surface area contributed by atoms with Crippen molar-refractivity contribution in [2.75, 3.05) is 44.3 Å². The molecule has 3 aromatic rings. The number of nitrogens with zero attached hydrogens (tertiary/aromatic N) is 4. The van der Waals surface area contributed by atoms with Crippen molar-refractivity contribution in [2.45, 2.75) is 0 Å². The van der Waals surface area contributed by atoms with E-state index in [2.05, 4.69) is 9.88 Å². The number of non-ortho nitro benzene ring substituents is 1. The Kier molecular flexibility index (Phi) is 6.24. The molecule has 1 aliphatic rings. The summed E-state index contributed by atoms with van der Waals surface area (Å²) in [5.74, 6) is -0.247. The Morgan fingerprint density at radius 3 is 2.67 bits per heavy atom. The quantitative estimate of drug-likeness (QED) is 0.422. The summed E-state index contributed by atoms with van der Waals surface area (Å²) in [5, 5.41) is 12.1. The zero-order valence-corrected chi connectivity index (χ0v) is 17.6. The monoisotopic (exact) mass is 446 g/mol. The molecule has 1 aromatic heterocycles. The lowest BCUT2D eigenvalue weighted by molar-refractivity contribution is -0.384. The number of hydrogen-bond donors (Lipinski definition) is 0. The fourth-order valence-corrected chi connectivity index (χ4v) is 4.50. The van der Waals surface area contributed by atoms with Crippen molar-refractivity contribution in [3.8, 4) is 0 Å². The molecule has 0 bridgehead atoms. The molecule has 0 unspecified atom stereocenters. The molecule has 1 saturated heterocycles. The molecule has 1 aliphatic heterocycles. The van der Waals surface area contributed by atoms with E-state index in [4.69, 9.17) is 16.3 Å². The number of ether oxygens (including phenoxy) is 1. The van der Waals surface area contributed by atoms with Crippen LogP contribution < -0.4 is 4.90 Å². The molecule has 2 aromatic carbocycles. The standard InChI is InChI=1S/C20H19ClN4O4S/c21-15-3-6-17-18(13-15)30-20(22-17)24(8-7-23-9-11-29-12-10-23)19(26)14-1-4-16(5-2-14)25(27)28/h1-6,13H,7-12H2. The third-order valence-corrected chi connectivity index (χ3v) is 6.16. The summed E-state index contributed by atoms with van der Waals surface area (Å²) in [6, 6.07) is 11.1. The van der Waals surface area contributed by atoms with E-state index >= 15 is 0 Å². The Bertz CT molecular complexity index is 1070. The van der Waals surface area contributed by atoms with Gasteiger partial charge in [-0.3, -0.25) is 24.7 Å². The lowest BCUT2D eigenvalue weighted by atomic mass is 10.2. The topological polar surface area (TPSA) is 88.8 Å². The van der Waals surface area contributed by atoms with Gasteiger partial charge in [-0.05, 0) is 30.3 Å². The maximum Gasteiger partial charge on any atom is 0.269 e. The number of halogens is 1. The molecule has 0 saturated carbocycles. The summed E-state index contributed by atoms with van der Waals surface area (Å²) < 4.78 is 6.28. The van der Waals surface area contributed by atoms with E-state index in [1.165, 1.54) is 35.6 Å². The molecule has 10 heteroatoms. The van der Waals surface area contributed by atoms with Crippen molar-refractivity contribution in [1.29, 1.82) is 0 Å². The van der Waals surface area contributed by atoms with Crippen molar-refractivity contribution in [3.63, 3.8) is 0 Å². The van der Waals surface area contributed by atoms with Crippen LogP contribution in [0.3, 0.4) is 0 Å². The average Bonchev–Trinajstić information content (AvgIpc) is 3.17. The van der Waals surface area contributed by atoms with Crippen LogP contribution in [0.4, 0.5) is 10.8 Å². The van der Waals surface area contributed by atoms with Crippen LogP contribution in [-0.4, -0.2) is 60.1 Å². The number of nitro benzene ring substituents is 1. The third-order valence-electron chi connectivity index (χ3n) is 4.88. The summed E-state index contributed by atoms with van der Waals surface area (Å²) in [6.07, 6.45) is 0.